The first-order chi connectivity index (χ1) is 12.7. The molecule has 2 aromatic heterocycles. The van der Waals surface area contributed by atoms with Gasteiger partial charge in [-0.25, -0.2) is 9.48 Å². The molecule has 0 radical (unpaired) electrons. The molecule has 4 aromatic rings. The maximum Gasteiger partial charge on any atom is 0.319 e. The first kappa shape index (κ1) is 16.0. The van der Waals surface area contributed by atoms with Crippen molar-refractivity contribution in [3.63, 3.8) is 0 Å². The van der Waals surface area contributed by atoms with Crippen LogP contribution in [0.5, 0.6) is 0 Å². The molecule has 0 aliphatic carbocycles. The predicted octanol–water partition coefficient (Wildman–Crippen LogP) is 4.50. The highest BCUT2D eigenvalue weighted by atomic mass is 16.3. The normalized spacial score (nSPS) is 12.0. The van der Waals surface area contributed by atoms with E-state index < -0.39 is 0 Å². The molecule has 1 unspecified atom stereocenters. The molecule has 0 saturated heterocycles. The van der Waals surface area contributed by atoms with E-state index in [1.54, 1.807) is 10.9 Å². The van der Waals surface area contributed by atoms with Crippen LogP contribution < -0.4 is 10.6 Å². The van der Waals surface area contributed by atoms with Gasteiger partial charge in [-0.3, -0.25) is 0 Å². The number of rotatable bonds is 4. The van der Waals surface area contributed by atoms with E-state index in [1.165, 1.54) is 0 Å². The van der Waals surface area contributed by atoms with Gasteiger partial charge in [0.15, 0.2) is 0 Å². The highest BCUT2D eigenvalue weighted by molar-refractivity contribution is 5.91. The van der Waals surface area contributed by atoms with E-state index in [9.17, 15) is 4.79 Å². The fraction of sp³-hybridized carbons (Fsp3) is 0.100. The van der Waals surface area contributed by atoms with Crippen molar-refractivity contribution in [2.75, 3.05) is 5.32 Å². The number of hydrogen-bond acceptors (Lipinski definition) is 3. The smallest absolute Gasteiger partial charge is 0.319 e. The Hall–Kier alpha value is -3.54. The number of urea groups is 1. The molecular formula is C20H18N4O2. The lowest BCUT2D eigenvalue weighted by molar-refractivity contribution is 0.248. The Morgan fingerprint density at radius 2 is 1.92 bits per heavy atom. The fourth-order valence-corrected chi connectivity index (χ4v) is 2.83. The van der Waals surface area contributed by atoms with E-state index in [-0.39, 0.29) is 12.1 Å². The Balaban J connectivity index is 1.49. The fourth-order valence-electron chi connectivity index (χ4n) is 2.83. The van der Waals surface area contributed by atoms with Crippen LogP contribution in [0, 0.1) is 0 Å². The second-order valence-electron chi connectivity index (χ2n) is 5.97. The number of carbonyl (C=O) groups is 1. The van der Waals surface area contributed by atoms with Crippen molar-refractivity contribution in [3.8, 4) is 5.69 Å². The SMILES string of the molecule is CC(NC(=O)Nc1ccccc1-n1cccn1)c1cc2ccccc2o1. The van der Waals surface area contributed by atoms with Crippen LogP contribution in [0.1, 0.15) is 18.7 Å². The molecule has 6 nitrogen and oxygen atoms in total. The maximum absolute atomic E-state index is 12.4. The van der Waals surface area contributed by atoms with Gasteiger partial charge in [0.1, 0.15) is 11.3 Å². The van der Waals surface area contributed by atoms with Gasteiger partial charge in [0.2, 0.25) is 0 Å². The third-order valence-electron chi connectivity index (χ3n) is 4.12. The highest BCUT2D eigenvalue weighted by Gasteiger charge is 2.15. The molecule has 0 aliphatic heterocycles. The van der Waals surface area contributed by atoms with Gasteiger partial charge < -0.3 is 15.1 Å². The molecule has 0 fully saturated rings. The molecule has 0 spiro atoms. The molecule has 0 aliphatic rings. The first-order valence-corrected chi connectivity index (χ1v) is 8.36. The van der Waals surface area contributed by atoms with E-state index >= 15 is 0 Å². The molecule has 2 aromatic carbocycles. The maximum atomic E-state index is 12.4. The Morgan fingerprint density at radius 1 is 1.12 bits per heavy atom. The quantitative estimate of drug-likeness (QED) is 0.571. The highest BCUT2D eigenvalue weighted by Crippen LogP contribution is 2.24. The summed E-state index contributed by atoms with van der Waals surface area (Å²) in [6.07, 6.45) is 3.52. The zero-order valence-corrected chi connectivity index (χ0v) is 14.2. The molecule has 1 atom stereocenters. The van der Waals surface area contributed by atoms with Gasteiger partial charge in [0.25, 0.3) is 0 Å². The predicted molar refractivity (Wildman–Crippen MR) is 100 cm³/mol. The number of fused-ring (bicyclic) bond motifs is 1. The lowest BCUT2D eigenvalue weighted by Crippen LogP contribution is -2.31. The van der Waals surface area contributed by atoms with E-state index in [1.807, 2.05) is 73.8 Å². The standard InChI is InChI=1S/C20H18N4O2/c1-14(19-13-15-7-2-5-10-18(15)26-19)22-20(25)23-16-8-3-4-9-17(16)24-12-6-11-21-24/h2-14H,1H3,(H2,22,23,25). The molecule has 26 heavy (non-hydrogen) atoms. The Bertz CT molecular complexity index is 1000. The molecule has 2 amide bonds. The summed E-state index contributed by atoms with van der Waals surface area (Å²) in [5, 5.41) is 11.0. The summed E-state index contributed by atoms with van der Waals surface area (Å²) >= 11 is 0. The summed E-state index contributed by atoms with van der Waals surface area (Å²) in [5.41, 5.74) is 2.27. The minimum absolute atomic E-state index is 0.265. The Kier molecular flexibility index (Phi) is 4.15. The molecule has 4 rings (SSSR count). The Morgan fingerprint density at radius 3 is 2.73 bits per heavy atom. The van der Waals surface area contributed by atoms with Gasteiger partial charge in [-0.05, 0) is 37.3 Å². The topological polar surface area (TPSA) is 72.1 Å². The lowest BCUT2D eigenvalue weighted by atomic mass is 10.2. The second kappa shape index (κ2) is 6.76. The van der Waals surface area contributed by atoms with Gasteiger partial charge in [-0.2, -0.15) is 5.10 Å². The Labute approximate surface area is 150 Å². The summed E-state index contributed by atoms with van der Waals surface area (Å²) < 4.78 is 7.51. The van der Waals surface area contributed by atoms with Gasteiger partial charge >= 0.3 is 6.03 Å². The summed E-state index contributed by atoms with van der Waals surface area (Å²) in [7, 11) is 0. The lowest BCUT2D eigenvalue weighted by Gasteiger charge is -2.14. The van der Waals surface area contributed by atoms with Crippen molar-refractivity contribution in [1.29, 1.82) is 0 Å². The summed E-state index contributed by atoms with van der Waals surface area (Å²) in [6, 6.07) is 18.5. The van der Waals surface area contributed by atoms with Crippen LogP contribution in [0.15, 0.2) is 77.5 Å². The number of aromatic nitrogens is 2. The molecule has 0 bridgehead atoms. The van der Waals surface area contributed by atoms with Gasteiger partial charge in [0.05, 0.1) is 17.4 Å². The number of para-hydroxylation sites is 3. The van der Waals surface area contributed by atoms with Crippen LogP contribution in [0.4, 0.5) is 10.5 Å². The average Bonchev–Trinajstić information content (AvgIpc) is 3.31. The van der Waals surface area contributed by atoms with Crippen LogP contribution in [0.25, 0.3) is 16.7 Å². The molecule has 0 saturated carbocycles. The number of benzene rings is 2. The van der Waals surface area contributed by atoms with Crippen molar-refractivity contribution in [3.05, 3.63) is 78.8 Å². The van der Waals surface area contributed by atoms with Crippen molar-refractivity contribution >= 4 is 22.7 Å². The zero-order chi connectivity index (χ0) is 17.9. The number of amides is 2. The summed E-state index contributed by atoms with van der Waals surface area (Å²) in [5.74, 6) is 0.710. The molecule has 2 N–H and O–H groups in total. The third-order valence-corrected chi connectivity index (χ3v) is 4.12. The first-order valence-electron chi connectivity index (χ1n) is 8.36. The van der Waals surface area contributed by atoms with E-state index in [2.05, 4.69) is 15.7 Å². The van der Waals surface area contributed by atoms with Crippen molar-refractivity contribution in [1.82, 2.24) is 15.1 Å². The van der Waals surface area contributed by atoms with Gasteiger partial charge in [0, 0.05) is 17.8 Å². The second-order valence-corrected chi connectivity index (χ2v) is 5.97. The van der Waals surface area contributed by atoms with Gasteiger partial charge in [-0.15, -0.1) is 0 Å². The number of nitrogens with zero attached hydrogens (tertiary/aromatic N) is 2. The monoisotopic (exact) mass is 346 g/mol. The van der Waals surface area contributed by atoms with Crippen LogP contribution in [-0.4, -0.2) is 15.8 Å². The van der Waals surface area contributed by atoms with Crippen LogP contribution in [0.2, 0.25) is 0 Å². The molecular weight excluding hydrogens is 328 g/mol. The van der Waals surface area contributed by atoms with Crippen molar-refractivity contribution in [2.45, 2.75) is 13.0 Å². The largest absolute Gasteiger partial charge is 0.459 e. The zero-order valence-electron chi connectivity index (χ0n) is 14.2. The number of anilines is 1. The van der Waals surface area contributed by atoms with E-state index in [0.29, 0.717) is 11.4 Å². The van der Waals surface area contributed by atoms with E-state index in [4.69, 9.17) is 4.42 Å². The van der Waals surface area contributed by atoms with Crippen molar-refractivity contribution < 1.29 is 9.21 Å². The number of furan rings is 1. The van der Waals surface area contributed by atoms with E-state index in [0.717, 1.165) is 16.7 Å². The van der Waals surface area contributed by atoms with Crippen molar-refractivity contribution in [2.24, 2.45) is 0 Å². The van der Waals surface area contributed by atoms with Crippen LogP contribution >= 0.6 is 0 Å². The van der Waals surface area contributed by atoms with Gasteiger partial charge in [-0.1, -0.05) is 30.3 Å². The minimum Gasteiger partial charge on any atom is -0.459 e. The summed E-state index contributed by atoms with van der Waals surface area (Å²) in [6.45, 7) is 1.89. The third kappa shape index (κ3) is 3.17. The summed E-state index contributed by atoms with van der Waals surface area (Å²) in [4.78, 5) is 12.4. The van der Waals surface area contributed by atoms with Crippen LogP contribution in [0.3, 0.4) is 0 Å². The van der Waals surface area contributed by atoms with Crippen LogP contribution in [-0.2, 0) is 0 Å². The minimum atomic E-state index is -0.308. The molecule has 130 valence electrons. The molecule has 2 heterocycles. The number of carbonyl (C=O) groups excluding carboxylic acids is 1. The number of hydrogen-bond donors (Lipinski definition) is 2. The molecule has 6 heteroatoms. The number of nitrogens with one attached hydrogen (secondary N) is 2. The average molecular weight is 346 g/mol.